The molecule has 0 saturated heterocycles. The Balaban J connectivity index is 1.90. The maximum absolute atomic E-state index is 12.0. The molecule has 10 heteroatoms. The number of hydrogen-bond donors (Lipinski definition) is 4. The van der Waals surface area contributed by atoms with E-state index < -0.39 is 27.8 Å². The zero-order valence-electron chi connectivity index (χ0n) is 14.2. The molecule has 1 aromatic rings. The van der Waals surface area contributed by atoms with Crippen molar-refractivity contribution in [3.05, 3.63) is 29.3 Å². The van der Waals surface area contributed by atoms with Crippen molar-refractivity contribution in [3.63, 3.8) is 0 Å². The van der Waals surface area contributed by atoms with Crippen LogP contribution in [0, 0.1) is 0 Å². The van der Waals surface area contributed by atoms with Crippen molar-refractivity contribution in [2.24, 2.45) is 20.4 Å². The lowest BCUT2D eigenvalue weighted by molar-refractivity contribution is -0.138. The molecule has 0 aromatic heterocycles. The van der Waals surface area contributed by atoms with Crippen molar-refractivity contribution in [1.82, 2.24) is 0 Å². The molecule has 2 heterocycles. The first kappa shape index (κ1) is 18.3. The summed E-state index contributed by atoms with van der Waals surface area (Å²) in [5.74, 6) is -1.35. The second kappa shape index (κ2) is 7.83. The minimum Gasteiger partial charge on any atom is -0.481 e. The zero-order chi connectivity index (χ0) is 18.7. The molecule has 2 aliphatic heterocycles. The van der Waals surface area contributed by atoms with Gasteiger partial charge in [-0.2, -0.15) is 32.0 Å². The summed E-state index contributed by atoms with van der Waals surface area (Å²) in [6, 6.07) is 5.66. The largest absolute Gasteiger partial charge is 0.481 e. The molecule has 0 fully saturated rings. The molecule has 26 heavy (non-hydrogen) atoms. The Morgan fingerprint density at radius 2 is 1.50 bits per heavy atom. The SMILES string of the molecule is C[SH]1C=NN=C1c1cc(NC(=O)CCC(=O)O)cc(C2=NN=C[SH]2C)c1. The summed E-state index contributed by atoms with van der Waals surface area (Å²) in [7, 11) is -1.17. The Bertz CT molecular complexity index is 826. The van der Waals surface area contributed by atoms with Crippen molar-refractivity contribution < 1.29 is 14.7 Å². The van der Waals surface area contributed by atoms with Crippen molar-refractivity contribution in [2.45, 2.75) is 12.8 Å². The van der Waals surface area contributed by atoms with Crippen LogP contribution in [0.1, 0.15) is 24.0 Å². The van der Waals surface area contributed by atoms with Gasteiger partial charge in [-0.25, -0.2) is 0 Å². The molecule has 0 saturated carbocycles. The molecular formula is C16H19N5O3S2. The summed E-state index contributed by atoms with van der Waals surface area (Å²) in [5.41, 5.74) is 5.99. The molecule has 2 N–H and O–H groups in total. The minimum atomic E-state index is -1.00. The highest BCUT2D eigenvalue weighted by atomic mass is 32.2. The van der Waals surface area contributed by atoms with Crippen molar-refractivity contribution >= 4 is 60.5 Å². The summed E-state index contributed by atoms with van der Waals surface area (Å²) in [5, 5.41) is 29.7. The van der Waals surface area contributed by atoms with Crippen molar-refractivity contribution in [3.8, 4) is 0 Å². The number of anilines is 1. The second-order valence-corrected chi connectivity index (χ2v) is 9.52. The molecule has 8 nitrogen and oxygen atoms in total. The van der Waals surface area contributed by atoms with E-state index in [0.29, 0.717) is 5.69 Å². The van der Waals surface area contributed by atoms with Gasteiger partial charge in [-0.15, -0.1) is 10.2 Å². The molecule has 0 spiro atoms. The van der Waals surface area contributed by atoms with Gasteiger partial charge in [0.25, 0.3) is 0 Å². The summed E-state index contributed by atoms with van der Waals surface area (Å²) in [6.07, 6.45) is 3.83. The molecule has 2 atom stereocenters. The highest BCUT2D eigenvalue weighted by Gasteiger charge is 2.19. The van der Waals surface area contributed by atoms with E-state index in [-0.39, 0.29) is 18.7 Å². The lowest BCUT2D eigenvalue weighted by Gasteiger charge is -2.15. The number of carboxylic acids is 1. The van der Waals surface area contributed by atoms with Gasteiger partial charge < -0.3 is 10.4 Å². The first-order valence-corrected chi connectivity index (χ1v) is 11.5. The Morgan fingerprint density at radius 3 is 1.92 bits per heavy atom. The summed E-state index contributed by atoms with van der Waals surface area (Å²) >= 11 is 0. The number of aliphatic carboxylic acids is 1. The van der Waals surface area contributed by atoms with Crippen LogP contribution in [0.25, 0.3) is 0 Å². The molecule has 1 aromatic carbocycles. The Kier molecular flexibility index (Phi) is 5.52. The van der Waals surface area contributed by atoms with E-state index in [2.05, 4.69) is 38.2 Å². The predicted molar refractivity (Wildman–Crippen MR) is 112 cm³/mol. The summed E-state index contributed by atoms with van der Waals surface area (Å²) in [4.78, 5) is 22.7. The number of carbonyl (C=O) groups is 2. The van der Waals surface area contributed by atoms with Gasteiger partial charge >= 0.3 is 5.97 Å². The number of benzene rings is 1. The fraction of sp³-hybridized carbons (Fsp3) is 0.250. The van der Waals surface area contributed by atoms with Gasteiger partial charge in [-0.1, -0.05) is 0 Å². The van der Waals surface area contributed by atoms with Crippen molar-refractivity contribution in [2.75, 3.05) is 17.8 Å². The molecule has 0 bridgehead atoms. The molecule has 0 aliphatic carbocycles. The van der Waals surface area contributed by atoms with Crippen LogP contribution in [-0.4, -0.2) is 50.7 Å². The van der Waals surface area contributed by atoms with E-state index in [4.69, 9.17) is 5.11 Å². The molecule has 2 unspecified atom stereocenters. The van der Waals surface area contributed by atoms with Crippen LogP contribution < -0.4 is 5.32 Å². The van der Waals surface area contributed by atoms with Crippen molar-refractivity contribution in [1.29, 1.82) is 0 Å². The highest BCUT2D eigenvalue weighted by Crippen LogP contribution is 2.34. The third-order valence-corrected chi connectivity index (χ3v) is 6.65. The smallest absolute Gasteiger partial charge is 0.303 e. The summed E-state index contributed by atoms with van der Waals surface area (Å²) < 4.78 is 0. The number of amides is 1. The topological polar surface area (TPSA) is 116 Å². The van der Waals surface area contributed by atoms with Gasteiger partial charge in [-0.3, -0.25) is 9.59 Å². The lowest BCUT2D eigenvalue weighted by Crippen LogP contribution is -2.14. The number of thiol groups is 2. The van der Waals surface area contributed by atoms with Crippen LogP contribution in [0.3, 0.4) is 0 Å². The van der Waals surface area contributed by atoms with Gasteiger partial charge in [-0.05, 0) is 30.7 Å². The number of nitrogens with one attached hydrogen (secondary N) is 1. The van der Waals surface area contributed by atoms with Gasteiger partial charge in [0.1, 0.15) is 10.1 Å². The first-order chi connectivity index (χ1) is 12.4. The average Bonchev–Trinajstić information content (AvgIpc) is 3.21. The first-order valence-electron chi connectivity index (χ1n) is 7.79. The van der Waals surface area contributed by atoms with Crippen LogP contribution in [0.2, 0.25) is 0 Å². The summed E-state index contributed by atoms with van der Waals surface area (Å²) in [6.45, 7) is 0. The quantitative estimate of drug-likeness (QED) is 0.555. The molecule has 138 valence electrons. The number of rotatable bonds is 6. The van der Waals surface area contributed by atoms with E-state index in [1.54, 1.807) is 0 Å². The van der Waals surface area contributed by atoms with E-state index in [1.807, 2.05) is 29.3 Å². The van der Waals surface area contributed by atoms with Gasteiger partial charge in [0, 0.05) is 23.2 Å². The van der Waals surface area contributed by atoms with E-state index in [0.717, 1.165) is 21.2 Å². The normalized spacial score (nSPS) is 23.6. The third-order valence-electron chi connectivity index (χ3n) is 3.72. The van der Waals surface area contributed by atoms with E-state index in [1.165, 1.54) is 0 Å². The molecular weight excluding hydrogens is 374 g/mol. The maximum Gasteiger partial charge on any atom is 0.303 e. The zero-order valence-corrected chi connectivity index (χ0v) is 16.0. The monoisotopic (exact) mass is 393 g/mol. The fourth-order valence-corrected chi connectivity index (χ4v) is 4.58. The average molecular weight is 393 g/mol. The standard InChI is InChI=1S/C16H19N5O3S2/c1-25-8-17-20-15(25)10-5-11(16-21-18-9-26(16)2)7-12(6-10)19-13(22)3-4-14(23)24/h5-9,25-26H,3-4H2,1-2H3,(H,19,22)(H,23,24). The Hall–Kier alpha value is -2.46. The predicted octanol–water partition coefficient (Wildman–Crippen LogP) is 2.16. The number of carboxylic acid groups (broad SMARTS) is 1. The van der Waals surface area contributed by atoms with E-state index >= 15 is 0 Å². The van der Waals surface area contributed by atoms with Crippen LogP contribution in [0.5, 0.6) is 0 Å². The van der Waals surface area contributed by atoms with Gasteiger partial charge in [0.05, 0.1) is 17.5 Å². The second-order valence-electron chi connectivity index (χ2n) is 5.77. The van der Waals surface area contributed by atoms with Crippen LogP contribution in [0.15, 0.2) is 38.6 Å². The third kappa shape index (κ3) is 4.20. The Labute approximate surface area is 155 Å². The fourth-order valence-electron chi connectivity index (χ4n) is 2.49. The molecule has 0 radical (unpaired) electrons. The molecule has 1 amide bonds. The van der Waals surface area contributed by atoms with Crippen LogP contribution in [0.4, 0.5) is 5.69 Å². The number of hydrogen-bond acceptors (Lipinski definition) is 6. The maximum atomic E-state index is 12.0. The molecule has 3 rings (SSSR count). The number of nitrogens with zero attached hydrogens (tertiary/aromatic N) is 4. The van der Waals surface area contributed by atoms with E-state index in [9.17, 15) is 9.59 Å². The van der Waals surface area contributed by atoms with Crippen LogP contribution in [-0.2, 0) is 9.59 Å². The lowest BCUT2D eigenvalue weighted by atomic mass is 10.1. The van der Waals surface area contributed by atoms with Crippen LogP contribution >= 0.6 is 21.8 Å². The Morgan fingerprint density at radius 1 is 0.962 bits per heavy atom. The van der Waals surface area contributed by atoms with Gasteiger partial charge in [0.2, 0.25) is 5.91 Å². The minimum absolute atomic E-state index is 0.0794. The molecule has 2 aliphatic rings. The van der Waals surface area contributed by atoms with Gasteiger partial charge in [0.15, 0.2) is 0 Å². The highest BCUT2D eigenvalue weighted by molar-refractivity contribution is 8.40. The number of carbonyl (C=O) groups excluding carboxylic acids is 1.